The van der Waals surface area contributed by atoms with Crippen molar-refractivity contribution in [3.63, 3.8) is 0 Å². The number of nitrogens with zero attached hydrogens (tertiary/aromatic N) is 2. The molecule has 0 aromatic heterocycles. The number of amides is 2. The van der Waals surface area contributed by atoms with Crippen molar-refractivity contribution in [3.8, 4) is 0 Å². The Labute approximate surface area is 116 Å². The van der Waals surface area contributed by atoms with Gasteiger partial charge in [-0.3, -0.25) is 14.5 Å². The lowest BCUT2D eigenvalue weighted by atomic mass is 10.2. The number of hydrogen-bond acceptors (Lipinski definition) is 3. The van der Waals surface area contributed by atoms with Crippen LogP contribution >= 0.6 is 0 Å². The van der Waals surface area contributed by atoms with Crippen LogP contribution in [-0.2, 0) is 9.59 Å². The highest BCUT2D eigenvalue weighted by atomic mass is 16.2. The molecule has 1 atom stereocenters. The molecule has 5 heteroatoms. The Morgan fingerprint density at radius 2 is 1.89 bits per heavy atom. The van der Waals surface area contributed by atoms with Crippen LogP contribution in [0.1, 0.15) is 33.1 Å². The number of carbonyl (C=O) groups is 2. The van der Waals surface area contributed by atoms with Crippen LogP contribution in [0, 0.1) is 5.92 Å². The highest BCUT2D eigenvalue weighted by Crippen LogP contribution is 2.34. The van der Waals surface area contributed by atoms with Gasteiger partial charge >= 0.3 is 0 Å². The molecule has 1 aliphatic rings. The number of hydrogen-bond donors (Lipinski definition) is 1. The molecule has 110 valence electrons. The minimum Gasteiger partial charge on any atom is -0.355 e. The summed E-state index contributed by atoms with van der Waals surface area (Å²) >= 11 is 0. The molecule has 1 rings (SSSR count). The summed E-state index contributed by atoms with van der Waals surface area (Å²) in [7, 11) is 3.66. The minimum atomic E-state index is -0.0874. The fourth-order valence-corrected chi connectivity index (χ4v) is 2.04. The molecule has 1 saturated carbocycles. The third kappa shape index (κ3) is 5.59. The normalized spacial score (nSPS) is 16.3. The van der Waals surface area contributed by atoms with Crippen molar-refractivity contribution in [2.45, 2.75) is 39.2 Å². The second-order valence-electron chi connectivity index (χ2n) is 5.59. The van der Waals surface area contributed by atoms with E-state index >= 15 is 0 Å². The van der Waals surface area contributed by atoms with Crippen molar-refractivity contribution in [2.24, 2.45) is 5.92 Å². The van der Waals surface area contributed by atoms with Gasteiger partial charge in [0.05, 0.1) is 13.1 Å². The molecule has 0 heterocycles. The first-order valence-electron chi connectivity index (χ1n) is 7.16. The summed E-state index contributed by atoms with van der Waals surface area (Å²) < 4.78 is 0. The van der Waals surface area contributed by atoms with E-state index < -0.39 is 0 Å². The van der Waals surface area contributed by atoms with Gasteiger partial charge < -0.3 is 10.2 Å². The molecule has 0 aliphatic heterocycles. The first-order valence-corrected chi connectivity index (χ1v) is 7.16. The van der Waals surface area contributed by atoms with Crippen LogP contribution in [0.4, 0.5) is 0 Å². The van der Waals surface area contributed by atoms with Crippen LogP contribution in [-0.4, -0.2) is 61.4 Å². The van der Waals surface area contributed by atoms with Gasteiger partial charge in [-0.15, -0.1) is 0 Å². The zero-order chi connectivity index (χ0) is 14.4. The van der Waals surface area contributed by atoms with Crippen molar-refractivity contribution in [1.29, 1.82) is 0 Å². The molecule has 0 spiro atoms. The first-order chi connectivity index (χ1) is 8.95. The van der Waals surface area contributed by atoms with Gasteiger partial charge in [0.1, 0.15) is 0 Å². The van der Waals surface area contributed by atoms with Crippen molar-refractivity contribution >= 4 is 11.8 Å². The van der Waals surface area contributed by atoms with Crippen molar-refractivity contribution in [1.82, 2.24) is 15.1 Å². The molecule has 2 amide bonds. The Morgan fingerprint density at radius 3 is 2.42 bits per heavy atom. The van der Waals surface area contributed by atoms with Gasteiger partial charge in [0.2, 0.25) is 11.8 Å². The highest BCUT2D eigenvalue weighted by molar-refractivity contribution is 5.85. The molecule has 0 aromatic carbocycles. The van der Waals surface area contributed by atoms with E-state index in [0.29, 0.717) is 19.1 Å². The molecule has 1 unspecified atom stereocenters. The number of nitrogens with one attached hydrogen (secondary N) is 1. The second kappa shape index (κ2) is 7.48. The van der Waals surface area contributed by atoms with Crippen LogP contribution in [0.2, 0.25) is 0 Å². The summed E-state index contributed by atoms with van der Waals surface area (Å²) in [6.07, 6.45) is 3.45. The highest BCUT2D eigenvalue weighted by Gasteiger charge is 2.31. The number of rotatable bonds is 8. The molecule has 1 aliphatic carbocycles. The molecule has 0 saturated heterocycles. The second-order valence-corrected chi connectivity index (χ2v) is 5.59. The molecular formula is C14H27N3O2. The summed E-state index contributed by atoms with van der Waals surface area (Å²) in [6, 6.07) is 0.450. The van der Waals surface area contributed by atoms with Gasteiger partial charge in [0.25, 0.3) is 0 Å². The molecule has 0 radical (unpaired) electrons. The van der Waals surface area contributed by atoms with Crippen molar-refractivity contribution in [3.05, 3.63) is 0 Å². The van der Waals surface area contributed by atoms with Gasteiger partial charge in [-0.05, 0) is 39.2 Å². The van der Waals surface area contributed by atoms with E-state index in [9.17, 15) is 9.59 Å². The molecular weight excluding hydrogens is 242 g/mol. The zero-order valence-electron chi connectivity index (χ0n) is 12.6. The van der Waals surface area contributed by atoms with Gasteiger partial charge in [-0.25, -0.2) is 0 Å². The molecule has 5 nitrogen and oxygen atoms in total. The maximum absolute atomic E-state index is 12.0. The third-order valence-electron chi connectivity index (χ3n) is 3.76. The van der Waals surface area contributed by atoms with Gasteiger partial charge in [0, 0.05) is 19.6 Å². The molecule has 0 aromatic rings. The third-order valence-corrected chi connectivity index (χ3v) is 3.76. The fraction of sp³-hybridized carbons (Fsp3) is 0.857. The van der Waals surface area contributed by atoms with E-state index in [1.54, 1.807) is 7.05 Å². The summed E-state index contributed by atoms with van der Waals surface area (Å²) in [5.74, 6) is 0.660. The Kier molecular flexibility index (Phi) is 6.28. The van der Waals surface area contributed by atoms with Crippen LogP contribution in [0.3, 0.4) is 0 Å². The van der Waals surface area contributed by atoms with Gasteiger partial charge in [-0.1, -0.05) is 6.92 Å². The monoisotopic (exact) mass is 269 g/mol. The lowest BCUT2D eigenvalue weighted by Crippen LogP contribution is -2.44. The zero-order valence-corrected chi connectivity index (χ0v) is 12.6. The minimum absolute atomic E-state index is 0.00153. The topological polar surface area (TPSA) is 52.7 Å². The summed E-state index contributed by atoms with van der Waals surface area (Å²) in [4.78, 5) is 27.1. The average molecular weight is 269 g/mol. The maximum atomic E-state index is 12.0. The molecule has 1 N–H and O–H groups in total. The van der Waals surface area contributed by atoms with Crippen molar-refractivity contribution in [2.75, 3.05) is 33.7 Å². The van der Waals surface area contributed by atoms with E-state index in [1.165, 1.54) is 17.7 Å². The van der Waals surface area contributed by atoms with Crippen LogP contribution in [0.25, 0.3) is 0 Å². The summed E-state index contributed by atoms with van der Waals surface area (Å²) in [5.41, 5.74) is 0. The number of carbonyl (C=O) groups excluding carboxylic acids is 2. The molecule has 19 heavy (non-hydrogen) atoms. The van der Waals surface area contributed by atoms with Crippen LogP contribution in [0.5, 0.6) is 0 Å². The van der Waals surface area contributed by atoms with E-state index in [1.807, 2.05) is 14.0 Å². The largest absolute Gasteiger partial charge is 0.355 e. The standard InChI is InChI=1S/C14H27N3O2/c1-5-8-15-13(18)9-17(4)14(19)10-16(3)11(2)12-6-7-12/h11-12H,5-10H2,1-4H3,(H,15,18). The van der Waals surface area contributed by atoms with Gasteiger partial charge in [0.15, 0.2) is 0 Å². The lowest BCUT2D eigenvalue weighted by molar-refractivity contribution is -0.135. The average Bonchev–Trinajstić information content (AvgIpc) is 3.19. The van der Waals surface area contributed by atoms with E-state index in [2.05, 4.69) is 17.1 Å². The van der Waals surface area contributed by atoms with Gasteiger partial charge in [-0.2, -0.15) is 0 Å². The molecule has 0 bridgehead atoms. The van der Waals surface area contributed by atoms with E-state index in [4.69, 9.17) is 0 Å². The van der Waals surface area contributed by atoms with E-state index in [0.717, 1.165) is 12.3 Å². The van der Waals surface area contributed by atoms with Crippen molar-refractivity contribution < 1.29 is 9.59 Å². The lowest BCUT2D eigenvalue weighted by Gasteiger charge is -2.26. The van der Waals surface area contributed by atoms with E-state index in [-0.39, 0.29) is 18.4 Å². The summed E-state index contributed by atoms with van der Waals surface area (Å²) in [5, 5.41) is 2.78. The molecule has 1 fully saturated rings. The Bertz CT molecular complexity index is 316. The summed E-state index contributed by atoms with van der Waals surface area (Å²) in [6.45, 7) is 5.36. The quantitative estimate of drug-likeness (QED) is 0.706. The predicted molar refractivity (Wildman–Crippen MR) is 75.8 cm³/mol. The van der Waals surface area contributed by atoms with Crippen LogP contribution in [0.15, 0.2) is 0 Å². The first kappa shape index (κ1) is 16.0. The SMILES string of the molecule is CCCNC(=O)CN(C)C(=O)CN(C)C(C)C1CC1. The Morgan fingerprint density at radius 1 is 1.26 bits per heavy atom. The Balaban J connectivity index is 2.28. The van der Waals surface area contributed by atoms with Crippen LogP contribution < -0.4 is 5.32 Å². The smallest absolute Gasteiger partial charge is 0.239 e. The Hall–Kier alpha value is -1.10. The predicted octanol–water partition coefficient (Wildman–Crippen LogP) is 0.701. The number of likely N-dealkylation sites (N-methyl/N-ethyl adjacent to an activating group) is 2. The fourth-order valence-electron chi connectivity index (χ4n) is 2.04. The maximum Gasteiger partial charge on any atom is 0.239 e.